The van der Waals surface area contributed by atoms with Crippen molar-refractivity contribution in [3.05, 3.63) is 48.6 Å². The summed E-state index contributed by atoms with van der Waals surface area (Å²) < 4.78 is 11.1. The predicted molar refractivity (Wildman–Crippen MR) is 196 cm³/mol. The van der Waals surface area contributed by atoms with Crippen molar-refractivity contribution in [3.63, 3.8) is 0 Å². The molecule has 0 heterocycles. The molecule has 4 nitrogen and oxygen atoms in total. The van der Waals surface area contributed by atoms with Crippen molar-refractivity contribution in [3.8, 4) is 0 Å². The molecule has 1 atom stereocenters. The normalized spacial score (nSPS) is 12.9. The Bertz CT molecular complexity index is 708. The summed E-state index contributed by atoms with van der Waals surface area (Å²) in [6.45, 7) is 5.26. The Morgan fingerprint density at radius 2 is 0.956 bits per heavy atom. The van der Waals surface area contributed by atoms with Gasteiger partial charge in [0.2, 0.25) is 0 Å². The number of unbranched alkanes of at least 4 members (excludes halogenated alkanes) is 19. The van der Waals surface area contributed by atoms with Crippen LogP contribution in [0.4, 0.5) is 0 Å². The van der Waals surface area contributed by atoms with E-state index in [9.17, 15) is 9.90 Å². The molecule has 0 saturated heterocycles. The van der Waals surface area contributed by atoms with Gasteiger partial charge >= 0.3 is 5.97 Å². The van der Waals surface area contributed by atoms with Crippen LogP contribution in [0.3, 0.4) is 0 Å². The van der Waals surface area contributed by atoms with Crippen LogP contribution in [0.15, 0.2) is 48.6 Å². The molecule has 0 aliphatic carbocycles. The second-order valence-corrected chi connectivity index (χ2v) is 12.6. The van der Waals surface area contributed by atoms with Gasteiger partial charge in [-0.3, -0.25) is 4.79 Å². The third-order valence-electron chi connectivity index (χ3n) is 8.13. The van der Waals surface area contributed by atoms with Crippen LogP contribution in [0.1, 0.15) is 181 Å². The van der Waals surface area contributed by atoms with E-state index in [0.717, 1.165) is 38.5 Å². The lowest BCUT2D eigenvalue weighted by molar-refractivity contribution is -0.154. The van der Waals surface area contributed by atoms with E-state index in [4.69, 9.17) is 9.47 Å². The van der Waals surface area contributed by atoms with Gasteiger partial charge in [-0.05, 0) is 70.6 Å². The van der Waals surface area contributed by atoms with Crippen LogP contribution < -0.4 is 0 Å². The Kier molecular flexibility index (Phi) is 37.1. The highest BCUT2D eigenvalue weighted by molar-refractivity contribution is 5.69. The average Bonchev–Trinajstić information content (AvgIpc) is 3.05. The molecule has 0 radical (unpaired) electrons. The summed E-state index contributed by atoms with van der Waals surface area (Å²) in [6, 6.07) is 0. The number of esters is 1. The summed E-state index contributed by atoms with van der Waals surface area (Å²) in [5, 5.41) is 9.55. The summed E-state index contributed by atoms with van der Waals surface area (Å²) in [6.07, 6.45) is 48.7. The van der Waals surface area contributed by atoms with Gasteiger partial charge in [0.25, 0.3) is 0 Å². The maximum atomic E-state index is 12.1. The third kappa shape index (κ3) is 36.7. The number of ether oxygens (including phenoxy) is 2. The minimum absolute atomic E-state index is 0.180. The molecule has 262 valence electrons. The van der Waals surface area contributed by atoms with Crippen LogP contribution >= 0.6 is 0 Å². The Morgan fingerprint density at radius 3 is 1.49 bits per heavy atom. The van der Waals surface area contributed by atoms with Crippen LogP contribution in [-0.4, -0.2) is 37.0 Å². The molecule has 0 aromatic heterocycles. The molecule has 4 heteroatoms. The van der Waals surface area contributed by atoms with Gasteiger partial charge in [0, 0.05) is 13.0 Å². The van der Waals surface area contributed by atoms with Gasteiger partial charge in [0.1, 0.15) is 6.10 Å². The third-order valence-corrected chi connectivity index (χ3v) is 8.13. The molecule has 0 aliphatic heterocycles. The molecule has 45 heavy (non-hydrogen) atoms. The molecule has 1 N–H and O–H groups in total. The minimum Gasteiger partial charge on any atom is -0.457 e. The van der Waals surface area contributed by atoms with Crippen LogP contribution in [-0.2, 0) is 14.3 Å². The lowest BCUT2D eigenvalue weighted by atomic mass is 10.1. The maximum absolute atomic E-state index is 12.1. The number of carbonyl (C=O) groups excluding carboxylic acids is 1. The van der Waals surface area contributed by atoms with Crippen molar-refractivity contribution in [2.75, 3.05) is 19.8 Å². The first-order chi connectivity index (χ1) is 22.2. The standard InChI is InChI=1S/C41H74O4/c1-3-5-7-9-11-13-15-16-17-18-19-20-21-22-23-24-25-27-29-31-33-35-37-44-39-40(38-42)45-41(43)36-34-32-30-28-26-14-12-10-8-6-4-2/h10,12,15-16,18-19,21-22,40,42H,3-9,11,13-14,17,20,23-39H2,1-2H3/b12-10-,16-15-,19-18-,22-21-. The fraction of sp³-hybridized carbons (Fsp3) is 0.780. The Morgan fingerprint density at radius 1 is 0.533 bits per heavy atom. The molecule has 0 aliphatic rings. The summed E-state index contributed by atoms with van der Waals surface area (Å²) in [7, 11) is 0. The van der Waals surface area contributed by atoms with Crippen LogP contribution in [0.25, 0.3) is 0 Å². The van der Waals surface area contributed by atoms with Gasteiger partial charge in [-0.25, -0.2) is 0 Å². The molecular weight excluding hydrogens is 556 g/mol. The van der Waals surface area contributed by atoms with Gasteiger partial charge in [0.05, 0.1) is 13.2 Å². The van der Waals surface area contributed by atoms with E-state index in [1.54, 1.807) is 0 Å². The average molecular weight is 631 g/mol. The molecule has 0 aromatic rings. The van der Waals surface area contributed by atoms with Crippen molar-refractivity contribution >= 4 is 5.97 Å². The summed E-state index contributed by atoms with van der Waals surface area (Å²) in [4.78, 5) is 12.1. The van der Waals surface area contributed by atoms with E-state index in [-0.39, 0.29) is 19.2 Å². The van der Waals surface area contributed by atoms with Crippen molar-refractivity contribution in [2.24, 2.45) is 0 Å². The molecule has 0 spiro atoms. The van der Waals surface area contributed by atoms with E-state index >= 15 is 0 Å². The molecule has 1 unspecified atom stereocenters. The summed E-state index contributed by atoms with van der Waals surface area (Å²) in [5.41, 5.74) is 0. The monoisotopic (exact) mass is 631 g/mol. The van der Waals surface area contributed by atoms with E-state index in [1.165, 1.54) is 122 Å². The zero-order valence-corrected chi connectivity index (χ0v) is 29.9. The van der Waals surface area contributed by atoms with E-state index < -0.39 is 6.10 Å². The highest BCUT2D eigenvalue weighted by atomic mass is 16.6. The number of hydrogen-bond donors (Lipinski definition) is 1. The van der Waals surface area contributed by atoms with E-state index in [2.05, 4.69) is 62.5 Å². The van der Waals surface area contributed by atoms with Gasteiger partial charge < -0.3 is 14.6 Å². The van der Waals surface area contributed by atoms with Crippen molar-refractivity contribution in [1.82, 2.24) is 0 Å². The lowest BCUT2D eigenvalue weighted by Gasteiger charge is -2.15. The topological polar surface area (TPSA) is 55.8 Å². The maximum Gasteiger partial charge on any atom is 0.306 e. The highest BCUT2D eigenvalue weighted by Crippen LogP contribution is 2.11. The molecule has 0 aromatic carbocycles. The van der Waals surface area contributed by atoms with Crippen molar-refractivity contribution in [2.45, 2.75) is 187 Å². The number of hydrogen-bond acceptors (Lipinski definition) is 4. The van der Waals surface area contributed by atoms with Gasteiger partial charge in [0.15, 0.2) is 0 Å². The van der Waals surface area contributed by atoms with E-state index in [0.29, 0.717) is 13.0 Å². The molecule has 0 bridgehead atoms. The van der Waals surface area contributed by atoms with Gasteiger partial charge in [-0.15, -0.1) is 0 Å². The second-order valence-electron chi connectivity index (χ2n) is 12.6. The second kappa shape index (κ2) is 38.5. The van der Waals surface area contributed by atoms with Crippen LogP contribution in [0.5, 0.6) is 0 Å². The Labute approximate surface area is 280 Å². The van der Waals surface area contributed by atoms with E-state index in [1.807, 2.05) is 0 Å². The number of aliphatic hydroxyl groups is 1. The highest BCUT2D eigenvalue weighted by Gasteiger charge is 2.13. The molecule has 0 amide bonds. The van der Waals surface area contributed by atoms with Crippen molar-refractivity contribution in [1.29, 1.82) is 0 Å². The first-order valence-corrected chi connectivity index (χ1v) is 19.2. The SMILES string of the molecule is CCCC/C=C\CCCCCCCC(=O)OC(CO)COCCCCCCCCC/C=C\C/C=C\C/C=C\CCCCCCC. The largest absolute Gasteiger partial charge is 0.457 e. The first kappa shape index (κ1) is 43.4. The summed E-state index contributed by atoms with van der Waals surface area (Å²) >= 11 is 0. The molecule has 0 fully saturated rings. The number of allylic oxidation sites excluding steroid dienone is 8. The predicted octanol–water partition coefficient (Wildman–Crippen LogP) is 12.3. The smallest absolute Gasteiger partial charge is 0.306 e. The number of rotatable bonds is 35. The zero-order valence-electron chi connectivity index (χ0n) is 29.9. The van der Waals surface area contributed by atoms with Crippen LogP contribution in [0.2, 0.25) is 0 Å². The number of aliphatic hydroxyl groups excluding tert-OH is 1. The molecule has 0 rings (SSSR count). The Hall–Kier alpha value is -1.65. The fourth-order valence-electron chi connectivity index (χ4n) is 5.20. The Balaban J connectivity index is 3.47. The lowest BCUT2D eigenvalue weighted by Crippen LogP contribution is -2.27. The number of carbonyl (C=O) groups is 1. The zero-order chi connectivity index (χ0) is 32.7. The minimum atomic E-state index is -0.543. The van der Waals surface area contributed by atoms with Gasteiger partial charge in [-0.2, -0.15) is 0 Å². The molecule has 0 saturated carbocycles. The van der Waals surface area contributed by atoms with Gasteiger partial charge in [-0.1, -0.05) is 152 Å². The van der Waals surface area contributed by atoms with Crippen molar-refractivity contribution < 1.29 is 19.4 Å². The molecular formula is C41H74O4. The quantitative estimate of drug-likeness (QED) is 0.0430. The van der Waals surface area contributed by atoms with Crippen LogP contribution in [0, 0.1) is 0 Å². The fourth-order valence-corrected chi connectivity index (χ4v) is 5.20. The summed E-state index contributed by atoms with van der Waals surface area (Å²) in [5.74, 6) is -0.217. The first-order valence-electron chi connectivity index (χ1n) is 19.2.